The Kier molecular flexibility index (Phi) is 3.79. The van der Waals surface area contributed by atoms with Crippen molar-refractivity contribution < 1.29 is 4.79 Å². The highest BCUT2D eigenvalue weighted by Gasteiger charge is 2.11. The number of rotatable bonds is 2. The normalized spacial score (nSPS) is 10.5. The fourth-order valence-electron chi connectivity index (χ4n) is 2.22. The number of fused-ring (bicyclic) bond motifs is 1. The van der Waals surface area contributed by atoms with Gasteiger partial charge in [-0.2, -0.15) is 0 Å². The predicted molar refractivity (Wildman–Crippen MR) is 95.5 cm³/mol. The first-order chi connectivity index (χ1) is 10.1. The molecule has 1 amide bonds. The fraction of sp³-hybridized carbons (Fsp3) is 0. The van der Waals surface area contributed by atoms with Crippen molar-refractivity contribution in [1.29, 1.82) is 0 Å². The van der Waals surface area contributed by atoms with Crippen LogP contribution in [-0.4, -0.2) is 5.91 Å². The van der Waals surface area contributed by atoms with Gasteiger partial charge in [0.15, 0.2) is 0 Å². The van der Waals surface area contributed by atoms with Crippen molar-refractivity contribution in [2.24, 2.45) is 0 Å². The zero-order chi connectivity index (χ0) is 14.8. The molecule has 0 radical (unpaired) electrons. The summed E-state index contributed by atoms with van der Waals surface area (Å²) in [6, 6.07) is 19.2. The van der Waals surface area contributed by atoms with E-state index in [0.717, 1.165) is 20.0 Å². The molecule has 3 aromatic carbocycles. The standard InChI is InChI=1S/C17H13IN2O/c18-13-6-3-7-14(10-13)20-17(21)15-8-11-4-1-2-5-12(11)9-16(15)19/h1-10H,19H2,(H,20,21). The summed E-state index contributed by atoms with van der Waals surface area (Å²) in [6.07, 6.45) is 0. The van der Waals surface area contributed by atoms with Gasteiger partial charge in [-0.15, -0.1) is 0 Å². The Bertz CT molecular complexity index is 830. The number of nitrogens with one attached hydrogen (secondary N) is 1. The number of amides is 1. The van der Waals surface area contributed by atoms with Gasteiger partial charge in [0.2, 0.25) is 0 Å². The second kappa shape index (κ2) is 5.73. The highest BCUT2D eigenvalue weighted by molar-refractivity contribution is 14.1. The van der Waals surface area contributed by atoms with E-state index < -0.39 is 0 Å². The van der Waals surface area contributed by atoms with Crippen LogP contribution in [0, 0.1) is 3.57 Å². The van der Waals surface area contributed by atoms with E-state index in [-0.39, 0.29) is 5.91 Å². The zero-order valence-corrected chi connectivity index (χ0v) is 13.3. The molecule has 3 nitrogen and oxygen atoms in total. The van der Waals surface area contributed by atoms with Crippen LogP contribution in [0.15, 0.2) is 60.7 Å². The van der Waals surface area contributed by atoms with E-state index >= 15 is 0 Å². The van der Waals surface area contributed by atoms with Gasteiger partial charge in [-0.1, -0.05) is 30.3 Å². The molecule has 104 valence electrons. The van der Waals surface area contributed by atoms with Gasteiger partial charge in [-0.3, -0.25) is 4.79 Å². The molecular formula is C17H13IN2O. The number of hydrogen-bond acceptors (Lipinski definition) is 2. The number of anilines is 2. The van der Waals surface area contributed by atoms with E-state index in [4.69, 9.17) is 5.73 Å². The SMILES string of the molecule is Nc1cc2ccccc2cc1C(=O)Nc1cccc(I)c1. The van der Waals surface area contributed by atoms with E-state index in [1.54, 1.807) is 0 Å². The first-order valence-electron chi connectivity index (χ1n) is 6.49. The van der Waals surface area contributed by atoms with Crippen LogP contribution in [0.1, 0.15) is 10.4 Å². The summed E-state index contributed by atoms with van der Waals surface area (Å²) in [4.78, 5) is 12.4. The lowest BCUT2D eigenvalue weighted by Gasteiger charge is -2.09. The number of halogens is 1. The lowest BCUT2D eigenvalue weighted by molar-refractivity contribution is 0.102. The number of carbonyl (C=O) groups is 1. The van der Waals surface area contributed by atoms with E-state index in [2.05, 4.69) is 27.9 Å². The minimum atomic E-state index is -0.194. The number of nitrogen functional groups attached to an aromatic ring is 1. The average molecular weight is 388 g/mol. The Morgan fingerprint density at radius 2 is 1.67 bits per heavy atom. The minimum absolute atomic E-state index is 0.194. The van der Waals surface area contributed by atoms with E-state index in [1.807, 2.05) is 60.7 Å². The molecule has 0 bridgehead atoms. The van der Waals surface area contributed by atoms with Crippen LogP contribution in [0.25, 0.3) is 10.8 Å². The third-order valence-corrected chi connectivity index (χ3v) is 3.92. The molecule has 0 aromatic heterocycles. The molecule has 3 aromatic rings. The molecule has 4 heteroatoms. The quantitative estimate of drug-likeness (QED) is 0.509. The third-order valence-electron chi connectivity index (χ3n) is 3.24. The van der Waals surface area contributed by atoms with E-state index in [1.165, 1.54) is 0 Å². The minimum Gasteiger partial charge on any atom is -0.398 e. The largest absolute Gasteiger partial charge is 0.398 e. The van der Waals surface area contributed by atoms with Gasteiger partial charge in [0.1, 0.15) is 0 Å². The van der Waals surface area contributed by atoms with Gasteiger partial charge in [-0.05, 0) is 63.7 Å². The Morgan fingerprint density at radius 1 is 0.952 bits per heavy atom. The number of benzene rings is 3. The summed E-state index contributed by atoms with van der Waals surface area (Å²) >= 11 is 2.21. The van der Waals surface area contributed by atoms with Crippen LogP contribution in [0.4, 0.5) is 11.4 Å². The van der Waals surface area contributed by atoms with Crippen LogP contribution in [0.5, 0.6) is 0 Å². The Balaban J connectivity index is 1.96. The van der Waals surface area contributed by atoms with Crippen LogP contribution in [0.3, 0.4) is 0 Å². The molecule has 0 atom stereocenters. The lowest BCUT2D eigenvalue weighted by Crippen LogP contribution is -2.14. The highest BCUT2D eigenvalue weighted by atomic mass is 127. The van der Waals surface area contributed by atoms with Gasteiger partial charge in [0.05, 0.1) is 5.56 Å². The molecule has 0 spiro atoms. The van der Waals surface area contributed by atoms with Gasteiger partial charge < -0.3 is 11.1 Å². The van der Waals surface area contributed by atoms with Gasteiger partial charge in [0, 0.05) is 14.9 Å². The van der Waals surface area contributed by atoms with Crippen molar-refractivity contribution in [1.82, 2.24) is 0 Å². The van der Waals surface area contributed by atoms with Crippen molar-refractivity contribution in [2.75, 3.05) is 11.1 Å². The van der Waals surface area contributed by atoms with E-state index in [0.29, 0.717) is 11.3 Å². The second-order valence-corrected chi connectivity index (χ2v) is 6.00. The summed E-state index contributed by atoms with van der Waals surface area (Å²) in [5.74, 6) is -0.194. The Labute approximate surface area is 136 Å². The summed E-state index contributed by atoms with van der Waals surface area (Å²) in [6.45, 7) is 0. The molecule has 0 aliphatic carbocycles. The zero-order valence-electron chi connectivity index (χ0n) is 11.1. The molecule has 3 rings (SSSR count). The van der Waals surface area contributed by atoms with Crippen molar-refractivity contribution >= 4 is 50.6 Å². The van der Waals surface area contributed by atoms with Crippen LogP contribution >= 0.6 is 22.6 Å². The monoisotopic (exact) mass is 388 g/mol. The molecule has 0 saturated heterocycles. The van der Waals surface area contributed by atoms with Crippen molar-refractivity contribution in [2.45, 2.75) is 0 Å². The maximum atomic E-state index is 12.4. The molecule has 0 aliphatic rings. The Hall–Kier alpha value is -2.08. The van der Waals surface area contributed by atoms with Crippen molar-refractivity contribution in [3.63, 3.8) is 0 Å². The first-order valence-corrected chi connectivity index (χ1v) is 7.56. The summed E-state index contributed by atoms with van der Waals surface area (Å²) in [5, 5.41) is 4.91. The number of nitrogens with two attached hydrogens (primary N) is 1. The van der Waals surface area contributed by atoms with Crippen molar-refractivity contribution in [3.05, 3.63) is 69.8 Å². The smallest absolute Gasteiger partial charge is 0.257 e. The predicted octanol–water partition coefficient (Wildman–Crippen LogP) is 4.28. The van der Waals surface area contributed by atoms with Gasteiger partial charge in [0.25, 0.3) is 5.91 Å². The summed E-state index contributed by atoms with van der Waals surface area (Å²) in [5.41, 5.74) is 7.75. The molecule has 0 heterocycles. The van der Waals surface area contributed by atoms with Crippen LogP contribution in [0.2, 0.25) is 0 Å². The Morgan fingerprint density at radius 3 is 2.38 bits per heavy atom. The number of hydrogen-bond donors (Lipinski definition) is 2. The number of carbonyl (C=O) groups excluding carboxylic acids is 1. The van der Waals surface area contributed by atoms with Gasteiger partial charge >= 0.3 is 0 Å². The summed E-state index contributed by atoms with van der Waals surface area (Å²) < 4.78 is 1.07. The topological polar surface area (TPSA) is 55.1 Å². The van der Waals surface area contributed by atoms with Crippen LogP contribution < -0.4 is 11.1 Å². The third kappa shape index (κ3) is 3.00. The molecule has 0 saturated carbocycles. The maximum absolute atomic E-state index is 12.4. The van der Waals surface area contributed by atoms with Crippen molar-refractivity contribution in [3.8, 4) is 0 Å². The maximum Gasteiger partial charge on any atom is 0.257 e. The van der Waals surface area contributed by atoms with Gasteiger partial charge in [-0.25, -0.2) is 0 Å². The summed E-state index contributed by atoms with van der Waals surface area (Å²) in [7, 11) is 0. The second-order valence-electron chi connectivity index (χ2n) is 4.75. The molecule has 3 N–H and O–H groups in total. The molecule has 0 fully saturated rings. The fourth-order valence-corrected chi connectivity index (χ4v) is 2.76. The molecular weight excluding hydrogens is 375 g/mol. The lowest BCUT2D eigenvalue weighted by atomic mass is 10.0. The molecule has 21 heavy (non-hydrogen) atoms. The molecule has 0 unspecified atom stereocenters. The first kappa shape index (κ1) is 13.9. The molecule has 0 aliphatic heterocycles. The highest BCUT2D eigenvalue weighted by Crippen LogP contribution is 2.23. The van der Waals surface area contributed by atoms with Crippen LogP contribution in [-0.2, 0) is 0 Å². The van der Waals surface area contributed by atoms with E-state index in [9.17, 15) is 4.79 Å². The average Bonchev–Trinajstić information content (AvgIpc) is 2.46.